The summed E-state index contributed by atoms with van der Waals surface area (Å²) in [5, 5.41) is 1.87. The van der Waals surface area contributed by atoms with Crippen molar-refractivity contribution in [2.75, 3.05) is 13.7 Å². The third-order valence-electron chi connectivity index (χ3n) is 2.45. The zero-order chi connectivity index (χ0) is 13.7. The first kappa shape index (κ1) is 14.2. The lowest BCUT2D eigenvalue weighted by molar-refractivity contribution is 0.0924. The van der Waals surface area contributed by atoms with Crippen molar-refractivity contribution in [1.29, 1.82) is 0 Å². The molecule has 0 aliphatic carbocycles. The highest BCUT2D eigenvalue weighted by atomic mass is 79.9. The quantitative estimate of drug-likeness (QED) is 0.747. The van der Waals surface area contributed by atoms with Crippen LogP contribution in [-0.2, 0) is 11.3 Å². The summed E-state index contributed by atoms with van der Waals surface area (Å²) in [6.07, 6.45) is 0. The number of carbonyl (C=O) groups excluding carboxylic acids is 1. The molecule has 0 spiro atoms. The normalized spacial score (nSPS) is 10.4. The molecular weight excluding hydrogens is 328 g/mol. The van der Waals surface area contributed by atoms with Crippen LogP contribution in [0.2, 0.25) is 0 Å². The molecule has 0 amide bonds. The van der Waals surface area contributed by atoms with Gasteiger partial charge in [0.1, 0.15) is 5.75 Å². The molecule has 5 heteroatoms. The van der Waals surface area contributed by atoms with Crippen LogP contribution in [0.15, 0.2) is 40.2 Å². The van der Waals surface area contributed by atoms with Gasteiger partial charge in [0.15, 0.2) is 6.61 Å². The topological polar surface area (TPSA) is 35.5 Å². The number of methoxy groups -OCH3 is 1. The summed E-state index contributed by atoms with van der Waals surface area (Å²) in [5.74, 6) is 0.648. The third-order valence-corrected chi connectivity index (χ3v) is 4.33. The van der Waals surface area contributed by atoms with E-state index >= 15 is 0 Å². The number of halogens is 1. The fourth-order valence-corrected chi connectivity index (χ4v) is 3.12. The minimum Gasteiger partial charge on any atom is -0.485 e. The summed E-state index contributed by atoms with van der Waals surface area (Å²) in [7, 11) is 1.64. The summed E-state index contributed by atoms with van der Waals surface area (Å²) < 4.78 is 11.4. The highest BCUT2D eigenvalue weighted by molar-refractivity contribution is 9.10. The molecule has 0 bridgehead atoms. The van der Waals surface area contributed by atoms with Crippen molar-refractivity contribution >= 4 is 33.0 Å². The first-order chi connectivity index (χ1) is 9.20. The average Bonchev–Trinajstić information content (AvgIpc) is 2.83. The maximum absolute atomic E-state index is 11.9. The molecule has 0 fully saturated rings. The Balaban J connectivity index is 1.97. The van der Waals surface area contributed by atoms with E-state index in [1.165, 1.54) is 11.3 Å². The Hall–Kier alpha value is -1.17. The third kappa shape index (κ3) is 3.89. The van der Waals surface area contributed by atoms with Crippen molar-refractivity contribution < 1.29 is 14.3 Å². The summed E-state index contributed by atoms with van der Waals surface area (Å²) in [6.45, 7) is 0.567. The molecule has 2 aromatic rings. The average molecular weight is 341 g/mol. The Morgan fingerprint density at radius 2 is 2.21 bits per heavy atom. The van der Waals surface area contributed by atoms with Gasteiger partial charge in [-0.25, -0.2) is 0 Å². The van der Waals surface area contributed by atoms with Crippen LogP contribution in [0.5, 0.6) is 5.75 Å². The number of hydrogen-bond donors (Lipinski definition) is 0. The van der Waals surface area contributed by atoms with Gasteiger partial charge in [-0.15, -0.1) is 11.3 Å². The molecule has 1 aromatic heterocycles. The van der Waals surface area contributed by atoms with Gasteiger partial charge in [0, 0.05) is 11.6 Å². The molecule has 2 rings (SSSR count). The first-order valence-electron chi connectivity index (χ1n) is 5.67. The van der Waals surface area contributed by atoms with Gasteiger partial charge in [0.05, 0.1) is 11.5 Å². The van der Waals surface area contributed by atoms with Crippen LogP contribution >= 0.6 is 27.3 Å². The summed E-state index contributed by atoms with van der Waals surface area (Å²) >= 11 is 4.75. The Bertz CT molecular complexity index is 565. The lowest BCUT2D eigenvalue weighted by Crippen LogP contribution is -2.10. The summed E-state index contributed by atoms with van der Waals surface area (Å²) in [4.78, 5) is 12.6. The highest BCUT2D eigenvalue weighted by Gasteiger charge is 2.12. The second kappa shape index (κ2) is 6.84. The highest BCUT2D eigenvalue weighted by Crippen LogP contribution is 2.23. The molecule has 0 radical (unpaired) electrons. The summed E-state index contributed by atoms with van der Waals surface area (Å²) in [6, 6.07) is 9.40. The van der Waals surface area contributed by atoms with E-state index < -0.39 is 0 Å². The Kier molecular flexibility index (Phi) is 5.13. The number of ether oxygens (including phenoxy) is 2. The van der Waals surface area contributed by atoms with Gasteiger partial charge in [-0.2, -0.15) is 0 Å². The van der Waals surface area contributed by atoms with E-state index in [2.05, 4.69) is 15.9 Å². The maximum atomic E-state index is 11.9. The number of ketones is 1. The van der Waals surface area contributed by atoms with Crippen LogP contribution < -0.4 is 4.74 Å². The van der Waals surface area contributed by atoms with Gasteiger partial charge < -0.3 is 9.47 Å². The van der Waals surface area contributed by atoms with Crippen LogP contribution in [0.4, 0.5) is 0 Å². The van der Waals surface area contributed by atoms with Gasteiger partial charge in [0.25, 0.3) is 0 Å². The minimum atomic E-state index is -0.0287. The molecule has 0 aliphatic rings. The predicted octanol–water partition coefficient (Wildman–Crippen LogP) is 3.92. The van der Waals surface area contributed by atoms with Crippen LogP contribution in [-0.4, -0.2) is 19.5 Å². The van der Waals surface area contributed by atoms with E-state index in [1.807, 2.05) is 35.7 Å². The van der Waals surface area contributed by atoms with Crippen molar-refractivity contribution in [2.24, 2.45) is 0 Å². The van der Waals surface area contributed by atoms with Gasteiger partial charge >= 0.3 is 0 Å². The Morgan fingerprint density at radius 1 is 1.37 bits per heavy atom. The number of rotatable bonds is 6. The molecule has 19 heavy (non-hydrogen) atoms. The van der Waals surface area contributed by atoms with Gasteiger partial charge in [0.2, 0.25) is 5.78 Å². The lowest BCUT2D eigenvalue weighted by Gasteiger charge is -2.07. The van der Waals surface area contributed by atoms with E-state index in [-0.39, 0.29) is 12.4 Å². The zero-order valence-electron chi connectivity index (χ0n) is 10.4. The van der Waals surface area contributed by atoms with Gasteiger partial charge in [-0.1, -0.05) is 12.1 Å². The molecule has 0 saturated carbocycles. The Morgan fingerprint density at radius 3 is 2.89 bits per heavy atom. The van der Waals surface area contributed by atoms with Crippen LogP contribution in [0.1, 0.15) is 15.2 Å². The van der Waals surface area contributed by atoms with Crippen molar-refractivity contribution in [3.05, 3.63) is 50.6 Å². The van der Waals surface area contributed by atoms with Crippen molar-refractivity contribution in [3.63, 3.8) is 0 Å². The SMILES string of the molecule is COCc1cccc(OCC(=O)c2sccc2Br)c1. The first-order valence-corrected chi connectivity index (χ1v) is 7.35. The standard InChI is InChI=1S/C14H13BrO3S/c1-17-8-10-3-2-4-11(7-10)18-9-13(16)14-12(15)5-6-19-14/h2-7H,8-9H2,1H3. The molecule has 3 nitrogen and oxygen atoms in total. The number of benzene rings is 1. The molecule has 0 unspecified atom stereocenters. The predicted molar refractivity (Wildman–Crippen MR) is 79.0 cm³/mol. The number of carbonyl (C=O) groups is 1. The van der Waals surface area contributed by atoms with E-state index in [9.17, 15) is 4.79 Å². The van der Waals surface area contributed by atoms with E-state index in [0.29, 0.717) is 17.2 Å². The number of Topliss-reactive ketones (excluding diaryl/α,β-unsaturated/α-hetero) is 1. The van der Waals surface area contributed by atoms with Gasteiger partial charge in [-0.05, 0) is 45.1 Å². The molecule has 1 aromatic carbocycles. The molecule has 0 N–H and O–H groups in total. The molecule has 0 saturated heterocycles. The molecular formula is C14H13BrO3S. The van der Waals surface area contributed by atoms with Crippen molar-refractivity contribution in [1.82, 2.24) is 0 Å². The second-order valence-electron chi connectivity index (χ2n) is 3.89. The molecule has 0 aliphatic heterocycles. The van der Waals surface area contributed by atoms with Crippen LogP contribution in [0, 0.1) is 0 Å². The smallest absolute Gasteiger partial charge is 0.211 e. The maximum Gasteiger partial charge on any atom is 0.211 e. The fourth-order valence-electron chi connectivity index (χ4n) is 1.60. The monoisotopic (exact) mass is 340 g/mol. The molecule has 100 valence electrons. The van der Waals surface area contributed by atoms with Crippen LogP contribution in [0.25, 0.3) is 0 Å². The van der Waals surface area contributed by atoms with E-state index in [1.54, 1.807) is 7.11 Å². The molecule has 1 heterocycles. The minimum absolute atomic E-state index is 0.0287. The fraction of sp³-hybridized carbons (Fsp3) is 0.214. The second-order valence-corrected chi connectivity index (χ2v) is 5.66. The molecule has 0 atom stereocenters. The largest absolute Gasteiger partial charge is 0.485 e. The number of thiophene rings is 1. The zero-order valence-corrected chi connectivity index (χ0v) is 12.8. The van der Waals surface area contributed by atoms with E-state index in [4.69, 9.17) is 9.47 Å². The lowest BCUT2D eigenvalue weighted by atomic mass is 10.2. The van der Waals surface area contributed by atoms with Gasteiger partial charge in [-0.3, -0.25) is 4.79 Å². The van der Waals surface area contributed by atoms with Crippen molar-refractivity contribution in [3.8, 4) is 5.75 Å². The Labute approximate surface area is 124 Å². The number of hydrogen-bond acceptors (Lipinski definition) is 4. The summed E-state index contributed by atoms with van der Waals surface area (Å²) in [5.41, 5.74) is 1.02. The van der Waals surface area contributed by atoms with Crippen LogP contribution in [0.3, 0.4) is 0 Å². The van der Waals surface area contributed by atoms with Crippen molar-refractivity contribution in [2.45, 2.75) is 6.61 Å². The van der Waals surface area contributed by atoms with E-state index in [0.717, 1.165) is 10.0 Å².